The fraction of sp³-hybridized carbons (Fsp3) is 0.353. The van der Waals surface area contributed by atoms with Crippen LogP contribution in [-0.4, -0.2) is 44.2 Å². The molecule has 230 valence electrons. The molecule has 0 saturated carbocycles. The largest absolute Gasteiger partial charge is 0.497 e. The first-order chi connectivity index (χ1) is 21.0. The monoisotopic (exact) mass is 595 g/mol. The number of carbonyl (C=O) groups excluding carboxylic acids is 2. The maximum atomic E-state index is 13.5. The molecule has 0 bridgehead atoms. The summed E-state index contributed by atoms with van der Waals surface area (Å²) in [5.41, 5.74) is 10.4. The Balaban J connectivity index is 1.66. The maximum Gasteiger partial charge on any atom is 0.240 e. The van der Waals surface area contributed by atoms with E-state index in [-0.39, 0.29) is 17.7 Å². The molecule has 5 N–H and O–H groups in total. The lowest BCUT2D eigenvalue weighted by atomic mass is 9.85. The summed E-state index contributed by atoms with van der Waals surface area (Å²) < 4.78 is 7.40. The molecule has 0 aliphatic heterocycles. The van der Waals surface area contributed by atoms with E-state index in [1.54, 1.807) is 21.0 Å². The first kappa shape index (κ1) is 30.7. The average molecular weight is 596 g/mol. The Morgan fingerprint density at radius 3 is 2.43 bits per heavy atom. The highest BCUT2D eigenvalue weighted by Crippen LogP contribution is 2.40. The van der Waals surface area contributed by atoms with Crippen LogP contribution in [0.4, 0.5) is 0 Å². The van der Waals surface area contributed by atoms with Crippen LogP contribution in [0.2, 0.25) is 0 Å². The van der Waals surface area contributed by atoms with Gasteiger partial charge in [-0.1, -0.05) is 54.6 Å². The number of rotatable bonds is 11. The molecule has 2 aromatic carbocycles. The molecule has 3 atom stereocenters. The molecule has 2 heterocycles. The second-order valence-electron chi connectivity index (χ2n) is 12.0. The highest BCUT2D eigenvalue weighted by atomic mass is 16.5. The number of allylic oxidation sites excluding steroid dienone is 1. The van der Waals surface area contributed by atoms with Crippen LogP contribution in [0.1, 0.15) is 84.8 Å². The molecule has 0 spiro atoms. The van der Waals surface area contributed by atoms with Crippen LogP contribution in [0.5, 0.6) is 5.75 Å². The zero-order chi connectivity index (χ0) is 31.4. The van der Waals surface area contributed by atoms with Crippen LogP contribution in [-0.2, 0) is 22.6 Å². The molecule has 0 radical (unpaired) electrons. The van der Waals surface area contributed by atoms with Gasteiger partial charge in [-0.2, -0.15) is 0 Å². The van der Waals surface area contributed by atoms with Crippen molar-refractivity contribution in [1.29, 1.82) is 0 Å². The highest BCUT2D eigenvalue weighted by Gasteiger charge is 2.37. The summed E-state index contributed by atoms with van der Waals surface area (Å²) in [4.78, 5) is 29.4. The smallest absolute Gasteiger partial charge is 0.240 e. The number of hydrogen-bond donors (Lipinski definition) is 4. The molecule has 0 saturated heterocycles. The van der Waals surface area contributed by atoms with Gasteiger partial charge in [0.1, 0.15) is 5.75 Å². The van der Waals surface area contributed by atoms with E-state index in [2.05, 4.69) is 34.7 Å². The van der Waals surface area contributed by atoms with E-state index in [1.165, 1.54) is 6.92 Å². The number of aromatic amines is 1. The second kappa shape index (κ2) is 12.9. The van der Waals surface area contributed by atoms with E-state index in [0.29, 0.717) is 31.0 Å². The zero-order valence-corrected chi connectivity index (χ0v) is 25.9. The molecule has 44 heavy (non-hydrogen) atoms. The van der Waals surface area contributed by atoms with Gasteiger partial charge in [0.2, 0.25) is 11.8 Å². The molecular formula is C34H41N7O3. The number of carbonyl (C=O) groups is 2. The first-order valence-electron chi connectivity index (χ1n) is 14.9. The van der Waals surface area contributed by atoms with Gasteiger partial charge in [-0.15, -0.1) is 10.2 Å². The fourth-order valence-electron chi connectivity index (χ4n) is 5.70. The minimum atomic E-state index is -1.12. The van der Waals surface area contributed by atoms with Crippen molar-refractivity contribution >= 4 is 17.9 Å². The van der Waals surface area contributed by atoms with Crippen molar-refractivity contribution in [1.82, 2.24) is 30.4 Å². The van der Waals surface area contributed by atoms with E-state index in [9.17, 15) is 9.59 Å². The first-order valence-corrected chi connectivity index (χ1v) is 14.9. The van der Waals surface area contributed by atoms with Gasteiger partial charge in [0.05, 0.1) is 31.3 Å². The molecular weight excluding hydrogens is 554 g/mol. The standard InChI is InChI=1S/C34H41N7O3/c1-21-19-36-29-26(21)12-9-13-27(29)30(38-33(43)34(3,4)35)32-40-39-31(41(32)20-24-14-16-25(44-5)17-15-24)28(37-22(2)42)18-23-10-7-6-8-11-23/h6-12,14-17,19,27-28,30,36H,13,18,20,35H2,1-5H3,(H,37,42)(H,38,43)/t27?,28-,30-/m1/s1. The van der Waals surface area contributed by atoms with Crippen molar-refractivity contribution in [2.24, 2.45) is 5.73 Å². The molecule has 10 heteroatoms. The van der Waals surface area contributed by atoms with E-state index >= 15 is 0 Å². The van der Waals surface area contributed by atoms with Crippen molar-refractivity contribution in [3.63, 3.8) is 0 Å². The topological polar surface area (TPSA) is 140 Å². The number of amides is 2. The molecule has 1 aliphatic rings. The predicted octanol–water partition coefficient (Wildman–Crippen LogP) is 4.49. The summed E-state index contributed by atoms with van der Waals surface area (Å²) in [6, 6.07) is 16.7. The van der Waals surface area contributed by atoms with Gasteiger partial charge in [0.25, 0.3) is 0 Å². The third-order valence-electron chi connectivity index (χ3n) is 8.04. The molecule has 1 aliphatic carbocycles. The van der Waals surface area contributed by atoms with Gasteiger partial charge in [-0.3, -0.25) is 9.59 Å². The predicted molar refractivity (Wildman–Crippen MR) is 170 cm³/mol. The summed E-state index contributed by atoms with van der Waals surface area (Å²) in [7, 11) is 1.63. The minimum Gasteiger partial charge on any atom is -0.497 e. The number of benzene rings is 2. The van der Waals surface area contributed by atoms with Gasteiger partial charge in [0.15, 0.2) is 11.6 Å². The number of methoxy groups -OCH3 is 1. The van der Waals surface area contributed by atoms with Gasteiger partial charge in [-0.05, 0) is 68.0 Å². The van der Waals surface area contributed by atoms with Crippen molar-refractivity contribution in [3.05, 3.63) is 106 Å². The molecule has 0 fully saturated rings. The van der Waals surface area contributed by atoms with Crippen molar-refractivity contribution in [2.75, 3.05) is 7.11 Å². The van der Waals surface area contributed by atoms with Gasteiger partial charge < -0.3 is 30.7 Å². The van der Waals surface area contributed by atoms with E-state index in [1.807, 2.05) is 65.4 Å². The number of hydrogen-bond acceptors (Lipinski definition) is 6. The highest BCUT2D eigenvalue weighted by molar-refractivity contribution is 5.85. The summed E-state index contributed by atoms with van der Waals surface area (Å²) >= 11 is 0. The van der Waals surface area contributed by atoms with Gasteiger partial charge >= 0.3 is 0 Å². The lowest BCUT2D eigenvalue weighted by Gasteiger charge is -2.32. The Morgan fingerprint density at radius 1 is 1.07 bits per heavy atom. The third-order valence-corrected chi connectivity index (χ3v) is 8.04. The SMILES string of the molecule is COc1ccc(Cn2c([C@@H](Cc3ccccc3)NC(C)=O)nnc2[C@H](NC(=O)C(C)(C)N)C2CC=Cc3c(C)c[nH]c32)cc1. The summed E-state index contributed by atoms with van der Waals surface area (Å²) in [6.07, 6.45) is 7.41. The number of aryl methyl sites for hydroxylation is 1. The normalized spacial score (nSPS) is 15.7. The maximum absolute atomic E-state index is 13.5. The summed E-state index contributed by atoms with van der Waals surface area (Å²) in [5, 5.41) is 15.8. The Kier molecular flexibility index (Phi) is 9.01. The second-order valence-corrected chi connectivity index (χ2v) is 12.0. The number of fused-ring (bicyclic) bond motifs is 1. The van der Waals surface area contributed by atoms with Crippen LogP contribution in [0.25, 0.3) is 6.08 Å². The summed E-state index contributed by atoms with van der Waals surface area (Å²) in [6.45, 7) is 7.34. The number of nitrogens with two attached hydrogens (primary N) is 1. The Morgan fingerprint density at radius 2 is 1.77 bits per heavy atom. The van der Waals surface area contributed by atoms with Gasteiger partial charge in [-0.25, -0.2) is 0 Å². The van der Waals surface area contributed by atoms with Crippen molar-refractivity contribution < 1.29 is 14.3 Å². The van der Waals surface area contributed by atoms with E-state index < -0.39 is 17.6 Å². The number of ether oxygens (including phenoxy) is 1. The van der Waals surface area contributed by atoms with Crippen LogP contribution in [0, 0.1) is 6.92 Å². The van der Waals surface area contributed by atoms with Crippen LogP contribution in [0.15, 0.2) is 66.9 Å². The molecule has 2 amide bonds. The molecule has 2 aromatic heterocycles. The third kappa shape index (κ3) is 6.75. The quantitative estimate of drug-likeness (QED) is 0.202. The number of aromatic nitrogens is 4. The van der Waals surface area contributed by atoms with E-state index in [4.69, 9.17) is 20.7 Å². The Labute approximate surface area is 258 Å². The lowest BCUT2D eigenvalue weighted by Crippen LogP contribution is -2.51. The molecule has 5 rings (SSSR count). The number of H-pyrrole nitrogens is 1. The zero-order valence-electron chi connectivity index (χ0n) is 25.9. The van der Waals surface area contributed by atoms with Gasteiger partial charge in [0, 0.05) is 24.7 Å². The molecule has 10 nitrogen and oxygen atoms in total. The number of nitrogens with one attached hydrogen (secondary N) is 3. The Hall–Kier alpha value is -4.70. The van der Waals surface area contributed by atoms with E-state index in [0.717, 1.165) is 33.7 Å². The summed E-state index contributed by atoms with van der Waals surface area (Å²) in [5.74, 6) is 1.29. The number of nitrogens with zero attached hydrogens (tertiary/aromatic N) is 3. The van der Waals surface area contributed by atoms with Crippen LogP contribution >= 0.6 is 0 Å². The molecule has 1 unspecified atom stereocenters. The lowest BCUT2D eigenvalue weighted by molar-refractivity contribution is -0.126. The Bertz CT molecular complexity index is 1630. The van der Waals surface area contributed by atoms with Crippen LogP contribution in [0.3, 0.4) is 0 Å². The van der Waals surface area contributed by atoms with Crippen molar-refractivity contribution in [2.45, 2.75) is 70.6 Å². The fourth-order valence-corrected chi connectivity index (χ4v) is 5.70. The minimum absolute atomic E-state index is 0.157. The molecule has 4 aromatic rings. The van der Waals surface area contributed by atoms with Crippen molar-refractivity contribution in [3.8, 4) is 5.75 Å². The average Bonchev–Trinajstić information content (AvgIpc) is 3.59. The van der Waals surface area contributed by atoms with Crippen LogP contribution < -0.4 is 21.1 Å².